The first-order chi connectivity index (χ1) is 14.5. The zero-order chi connectivity index (χ0) is 21.0. The summed E-state index contributed by atoms with van der Waals surface area (Å²) < 4.78 is 17.1. The van der Waals surface area contributed by atoms with Gasteiger partial charge in [-0.2, -0.15) is 0 Å². The molecule has 154 valence electrons. The van der Waals surface area contributed by atoms with Crippen molar-refractivity contribution in [2.75, 3.05) is 13.9 Å². The van der Waals surface area contributed by atoms with Crippen LogP contribution in [0.2, 0.25) is 0 Å². The lowest BCUT2D eigenvalue weighted by Gasteiger charge is -2.21. The van der Waals surface area contributed by atoms with Gasteiger partial charge in [0.1, 0.15) is 12.4 Å². The molecule has 0 saturated heterocycles. The number of hydrogen-bond donors (Lipinski definition) is 1. The molecule has 0 aliphatic carbocycles. The van der Waals surface area contributed by atoms with Gasteiger partial charge in [0, 0.05) is 23.6 Å². The minimum Gasteiger partial charge on any atom is -0.468 e. The highest BCUT2D eigenvalue weighted by Crippen LogP contribution is 2.38. The van der Waals surface area contributed by atoms with Crippen molar-refractivity contribution in [2.24, 2.45) is 0 Å². The SMILES string of the molecule is CCc1c2c(nc3ccc(OCOC)cc13)-c1cc3c(c(=O)n1C2)COC(=O)[C@H]3O. The third kappa shape index (κ3) is 2.64. The van der Waals surface area contributed by atoms with Gasteiger partial charge < -0.3 is 23.9 Å². The van der Waals surface area contributed by atoms with E-state index in [1.807, 2.05) is 18.2 Å². The number of methoxy groups -OCH3 is 1. The maximum atomic E-state index is 13.1. The van der Waals surface area contributed by atoms with Gasteiger partial charge in [0.2, 0.25) is 0 Å². The highest BCUT2D eigenvalue weighted by atomic mass is 16.7. The van der Waals surface area contributed by atoms with E-state index in [1.54, 1.807) is 17.7 Å². The Morgan fingerprint density at radius 3 is 2.87 bits per heavy atom. The van der Waals surface area contributed by atoms with Crippen molar-refractivity contribution in [3.63, 3.8) is 0 Å². The number of aromatic nitrogens is 2. The van der Waals surface area contributed by atoms with Gasteiger partial charge in [0.25, 0.3) is 5.56 Å². The summed E-state index contributed by atoms with van der Waals surface area (Å²) in [7, 11) is 1.57. The summed E-state index contributed by atoms with van der Waals surface area (Å²) >= 11 is 0. The van der Waals surface area contributed by atoms with Crippen molar-refractivity contribution in [1.29, 1.82) is 0 Å². The number of carbonyl (C=O) groups is 1. The van der Waals surface area contributed by atoms with Crippen LogP contribution in [0.1, 0.15) is 35.3 Å². The maximum absolute atomic E-state index is 13.1. The number of aliphatic hydroxyl groups is 1. The lowest BCUT2D eigenvalue weighted by Crippen LogP contribution is -2.32. The van der Waals surface area contributed by atoms with Crippen LogP contribution in [0.5, 0.6) is 5.75 Å². The quantitative estimate of drug-likeness (QED) is 0.408. The van der Waals surface area contributed by atoms with E-state index in [0.717, 1.165) is 28.5 Å². The Kier molecular flexibility index (Phi) is 4.34. The lowest BCUT2D eigenvalue weighted by molar-refractivity contribution is -0.157. The Bertz CT molecular complexity index is 1260. The van der Waals surface area contributed by atoms with E-state index in [9.17, 15) is 14.7 Å². The molecule has 8 nitrogen and oxygen atoms in total. The summed E-state index contributed by atoms with van der Waals surface area (Å²) in [5.41, 5.74) is 4.52. The second-order valence-electron chi connectivity index (χ2n) is 7.37. The van der Waals surface area contributed by atoms with Gasteiger partial charge in [-0.3, -0.25) is 4.79 Å². The molecule has 8 heteroatoms. The van der Waals surface area contributed by atoms with Gasteiger partial charge in [-0.25, -0.2) is 9.78 Å². The Morgan fingerprint density at radius 2 is 2.10 bits per heavy atom. The number of carbonyl (C=O) groups excluding carboxylic acids is 1. The average molecular weight is 408 g/mol. The molecular formula is C22H20N2O6. The fourth-order valence-electron chi connectivity index (χ4n) is 4.31. The molecule has 1 N–H and O–H groups in total. The molecule has 3 aromatic rings. The van der Waals surface area contributed by atoms with Crippen LogP contribution >= 0.6 is 0 Å². The summed E-state index contributed by atoms with van der Waals surface area (Å²) in [6.45, 7) is 2.47. The van der Waals surface area contributed by atoms with Crippen molar-refractivity contribution in [3.8, 4) is 17.1 Å². The Labute approximate surface area is 171 Å². The zero-order valence-corrected chi connectivity index (χ0v) is 16.6. The van der Waals surface area contributed by atoms with E-state index in [0.29, 0.717) is 34.8 Å². The van der Waals surface area contributed by atoms with Gasteiger partial charge in [-0.1, -0.05) is 6.92 Å². The number of rotatable bonds is 4. The van der Waals surface area contributed by atoms with Crippen molar-refractivity contribution < 1.29 is 24.1 Å². The van der Waals surface area contributed by atoms with Gasteiger partial charge >= 0.3 is 5.97 Å². The molecule has 1 aromatic carbocycles. The molecule has 2 aromatic heterocycles. The molecule has 0 fully saturated rings. The molecule has 4 heterocycles. The molecule has 0 saturated carbocycles. The predicted octanol–water partition coefficient (Wildman–Crippen LogP) is 2.06. The number of ether oxygens (including phenoxy) is 3. The zero-order valence-electron chi connectivity index (χ0n) is 16.6. The summed E-state index contributed by atoms with van der Waals surface area (Å²) in [4.78, 5) is 29.7. The van der Waals surface area contributed by atoms with Crippen molar-refractivity contribution in [2.45, 2.75) is 32.6 Å². The number of hydrogen-bond acceptors (Lipinski definition) is 7. The second kappa shape index (κ2) is 6.93. The molecule has 1 atom stereocenters. The fourth-order valence-corrected chi connectivity index (χ4v) is 4.31. The Balaban J connectivity index is 1.72. The van der Waals surface area contributed by atoms with E-state index in [1.165, 1.54) is 0 Å². The highest BCUT2D eigenvalue weighted by molar-refractivity contribution is 5.89. The normalized spacial score (nSPS) is 16.8. The smallest absolute Gasteiger partial charge is 0.340 e. The molecule has 0 radical (unpaired) electrons. The molecule has 30 heavy (non-hydrogen) atoms. The molecule has 2 aliphatic heterocycles. The van der Waals surface area contributed by atoms with Gasteiger partial charge in [-0.05, 0) is 36.2 Å². The Hall–Kier alpha value is -3.23. The number of aryl methyl sites for hydroxylation is 1. The van der Waals surface area contributed by atoms with Crippen molar-refractivity contribution in [1.82, 2.24) is 9.55 Å². The van der Waals surface area contributed by atoms with Crippen LogP contribution in [0.25, 0.3) is 22.3 Å². The van der Waals surface area contributed by atoms with Crippen LogP contribution in [0, 0.1) is 0 Å². The first kappa shape index (κ1) is 18.8. The first-order valence-electron chi connectivity index (χ1n) is 9.72. The van der Waals surface area contributed by atoms with Crippen LogP contribution < -0.4 is 10.3 Å². The highest BCUT2D eigenvalue weighted by Gasteiger charge is 2.34. The summed E-state index contributed by atoms with van der Waals surface area (Å²) in [5.74, 6) is -0.0582. The molecular weight excluding hydrogens is 388 g/mol. The molecule has 0 bridgehead atoms. The van der Waals surface area contributed by atoms with E-state index < -0.39 is 12.1 Å². The lowest BCUT2D eigenvalue weighted by atomic mass is 9.97. The number of aliphatic hydroxyl groups excluding tert-OH is 1. The van der Waals surface area contributed by atoms with Crippen LogP contribution in [-0.4, -0.2) is 34.5 Å². The predicted molar refractivity (Wildman–Crippen MR) is 107 cm³/mol. The second-order valence-corrected chi connectivity index (χ2v) is 7.37. The number of cyclic esters (lactones) is 1. The van der Waals surface area contributed by atoms with Gasteiger partial charge in [-0.15, -0.1) is 0 Å². The fraction of sp³-hybridized carbons (Fsp3) is 0.318. The summed E-state index contributed by atoms with van der Waals surface area (Å²) in [5, 5.41) is 11.2. The topological polar surface area (TPSA) is 99.9 Å². The van der Waals surface area contributed by atoms with Gasteiger partial charge in [0.05, 0.1) is 29.0 Å². The molecule has 2 aliphatic rings. The largest absolute Gasteiger partial charge is 0.468 e. The van der Waals surface area contributed by atoms with Gasteiger partial charge in [0.15, 0.2) is 12.9 Å². The minimum atomic E-state index is -1.46. The third-order valence-electron chi connectivity index (χ3n) is 5.74. The average Bonchev–Trinajstić information content (AvgIpc) is 3.12. The van der Waals surface area contributed by atoms with E-state index in [4.69, 9.17) is 19.2 Å². The van der Waals surface area contributed by atoms with Crippen LogP contribution in [0.3, 0.4) is 0 Å². The van der Waals surface area contributed by atoms with Crippen molar-refractivity contribution in [3.05, 3.63) is 56.9 Å². The first-order valence-corrected chi connectivity index (χ1v) is 9.72. The molecule has 0 amide bonds. The summed E-state index contributed by atoms with van der Waals surface area (Å²) in [6.07, 6.45) is -0.704. The number of fused-ring (bicyclic) bond motifs is 5. The van der Waals surface area contributed by atoms with Crippen LogP contribution in [0.4, 0.5) is 0 Å². The number of benzene rings is 1. The maximum Gasteiger partial charge on any atom is 0.340 e. The third-order valence-corrected chi connectivity index (χ3v) is 5.74. The number of pyridine rings is 2. The van der Waals surface area contributed by atoms with E-state index in [2.05, 4.69) is 6.92 Å². The van der Waals surface area contributed by atoms with E-state index in [-0.39, 0.29) is 19.0 Å². The number of esters is 1. The summed E-state index contributed by atoms with van der Waals surface area (Å²) in [6, 6.07) is 7.34. The molecule has 0 spiro atoms. The molecule has 5 rings (SSSR count). The standard InChI is InChI=1S/C22H20N2O6/c1-3-12-13-6-11(30-10-28-2)4-5-17(13)23-19-15(12)8-24-18(19)7-14-16(21(24)26)9-29-22(27)20(14)25/h4-7,20,25H,3,8-10H2,1-2H3/t20-/m0/s1. The van der Waals surface area contributed by atoms with E-state index >= 15 is 0 Å². The van der Waals surface area contributed by atoms with Crippen LogP contribution in [0.15, 0.2) is 29.1 Å². The minimum absolute atomic E-state index is 0.128. The monoisotopic (exact) mass is 408 g/mol. The molecule has 0 unspecified atom stereocenters. The van der Waals surface area contributed by atoms with Crippen molar-refractivity contribution >= 4 is 16.9 Å². The van der Waals surface area contributed by atoms with Crippen LogP contribution in [-0.2, 0) is 33.8 Å². The Morgan fingerprint density at radius 1 is 1.27 bits per heavy atom. The number of nitrogens with zero attached hydrogens (tertiary/aromatic N) is 2.